The van der Waals surface area contributed by atoms with Crippen LogP contribution in [0.4, 0.5) is 0 Å². The molecule has 0 aliphatic carbocycles. The zero-order valence-electron chi connectivity index (χ0n) is 17.6. The van der Waals surface area contributed by atoms with Crippen molar-refractivity contribution in [2.75, 3.05) is 6.54 Å². The lowest BCUT2D eigenvalue weighted by atomic mass is 10.0. The smallest absolute Gasteiger partial charge is 0.176 e. The summed E-state index contributed by atoms with van der Waals surface area (Å²) in [5, 5.41) is 9.39. The largest absolute Gasteiger partial charge is 0.457 e. The van der Waals surface area contributed by atoms with Crippen molar-refractivity contribution in [2.45, 2.75) is 6.92 Å². The second kappa shape index (κ2) is 9.25. The van der Waals surface area contributed by atoms with Crippen LogP contribution in [0.5, 0.6) is 11.5 Å². The molecule has 0 aliphatic heterocycles. The van der Waals surface area contributed by atoms with Crippen LogP contribution in [0.25, 0.3) is 22.4 Å². The predicted molar refractivity (Wildman–Crippen MR) is 124 cm³/mol. The van der Waals surface area contributed by atoms with E-state index in [1.54, 1.807) is 24.3 Å². The molecule has 0 amide bonds. The fourth-order valence-corrected chi connectivity index (χ4v) is 3.45. The maximum atomic E-state index is 11.8. The third-order valence-electron chi connectivity index (χ3n) is 5.04. The molecule has 32 heavy (non-hydrogen) atoms. The summed E-state index contributed by atoms with van der Waals surface area (Å²) in [7, 11) is 0. The summed E-state index contributed by atoms with van der Waals surface area (Å²) in [4.78, 5) is 16.5. The number of ketones is 1. The van der Waals surface area contributed by atoms with Crippen molar-refractivity contribution in [3.8, 4) is 40.0 Å². The van der Waals surface area contributed by atoms with Crippen LogP contribution in [0.2, 0.25) is 0 Å². The highest BCUT2D eigenvalue weighted by Crippen LogP contribution is 2.35. The molecule has 5 heteroatoms. The molecule has 156 valence electrons. The topological polar surface area (TPSA) is 89.0 Å². The van der Waals surface area contributed by atoms with E-state index in [1.807, 2.05) is 67.6 Å². The average molecular weight is 419 g/mol. The van der Waals surface area contributed by atoms with Crippen molar-refractivity contribution in [1.29, 1.82) is 5.26 Å². The highest BCUT2D eigenvalue weighted by atomic mass is 16.5. The number of aryl methyl sites for hydroxylation is 1. The zero-order chi connectivity index (χ0) is 22.5. The number of hydrogen-bond donors (Lipinski definition) is 1. The van der Waals surface area contributed by atoms with Crippen molar-refractivity contribution in [3.05, 3.63) is 102 Å². The lowest BCUT2D eigenvalue weighted by molar-refractivity contribution is 0.100. The Morgan fingerprint density at radius 3 is 2.41 bits per heavy atom. The number of ether oxygens (including phenoxy) is 1. The number of carbonyl (C=O) groups excluding carboxylic acids is 1. The number of rotatable bonds is 6. The lowest BCUT2D eigenvalue weighted by Gasteiger charge is -2.14. The monoisotopic (exact) mass is 419 g/mol. The Labute approximate surface area is 186 Å². The van der Waals surface area contributed by atoms with E-state index >= 15 is 0 Å². The Morgan fingerprint density at radius 1 is 0.969 bits per heavy atom. The highest BCUT2D eigenvalue weighted by Gasteiger charge is 2.12. The fourth-order valence-electron chi connectivity index (χ4n) is 3.45. The van der Waals surface area contributed by atoms with E-state index in [2.05, 4.69) is 11.1 Å². The molecule has 0 aliphatic rings. The van der Waals surface area contributed by atoms with Gasteiger partial charge in [-0.15, -0.1) is 0 Å². The molecule has 0 unspecified atom stereocenters. The van der Waals surface area contributed by atoms with Crippen LogP contribution in [0, 0.1) is 18.3 Å². The fraction of sp³-hybridized carbons (Fsp3) is 0.0741. The molecule has 4 rings (SSSR count). The summed E-state index contributed by atoms with van der Waals surface area (Å²) in [6.07, 6.45) is 0. The number of Topliss-reactive ketones (excluding diaryl/α,β-unsaturated/α-hetero) is 1. The van der Waals surface area contributed by atoms with Crippen LogP contribution in [0.15, 0.2) is 84.9 Å². The van der Waals surface area contributed by atoms with Crippen LogP contribution in [0.1, 0.15) is 21.6 Å². The van der Waals surface area contributed by atoms with Crippen molar-refractivity contribution in [3.63, 3.8) is 0 Å². The number of pyridine rings is 1. The molecule has 1 heterocycles. The summed E-state index contributed by atoms with van der Waals surface area (Å²) in [5.74, 6) is 1.06. The Kier molecular flexibility index (Phi) is 6.07. The van der Waals surface area contributed by atoms with Crippen molar-refractivity contribution in [2.24, 2.45) is 5.73 Å². The molecule has 0 saturated carbocycles. The zero-order valence-corrected chi connectivity index (χ0v) is 17.6. The van der Waals surface area contributed by atoms with E-state index < -0.39 is 0 Å². The van der Waals surface area contributed by atoms with Crippen molar-refractivity contribution in [1.82, 2.24) is 4.98 Å². The van der Waals surface area contributed by atoms with Gasteiger partial charge in [-0.05, 0) is 30.7 Å². The maximum absolute atomic E-state index is 11.8. The normalized spacial score (nSPS) is 10.4. The Hall–Kier alpha value is -4.27. The van der Waals surface area contributed by atoms with Gasteiger partial charge in [0.05, 0.1) is 23.9 Å². The van der Waals surface area contributed by atoms with E-state index in [9.17, 15) is 10.1 Å². The van der Waals surface area contributed by atoms with E-state index in [0.717, 1.165) is 28.1 Å². The first-order chi connectivity index (χ1) is 15.6. The van der Waals surface area contributed by atoms with Crippen LogP contribution in [0.3, 0.4) is 0 Å². The first-order valence-electron chi connectivity index (χ1n) is 10.2. The minimum Gasteiger partial charge on any atom is -0.457 e. The number of nitriles is 1. The van der Waals surface area contributed by atoms with Gasteiger partial charge in [0.1, 0.15) is 11.5 Å². The van der Waals surface area contributed by atoms with Gasteiger partial charge in [-0.3, -0.25) is 9.78 Å². The van der Waals surface area contributed by atoms with Gasteiger partial charge in [-0.2, -0.15) is 5.26 Å². The third kappa shape index (κ3) is 4.56. The highest BCUT2D eigenvalue weighted by molar-refractivity contribution is 5.97. The molecule has 1 aromatic heterocycles. The Balaban J connectivity index is 1.74. The molecular weight excluding hydrogens is 398 g/mol. The number of nitrogens with two attached hydrogens (primary N) is 1. The second-order valence-electron chi connectivity index (χ2n) is 7.32. The molecule has 0 fully saturated rings. The Morgan fingerprint density at radius 2 is 1.72 bits per heavy atom. The number of carbonyl (C=O) groups is 1. The Bertz CT molecular complexity index is 1310. The van der Waals surface area contributed by atoms with Crippen molar-refractivity contribution >= 4 is 5.78 Å². The van der Waals surface area contributed by atoms with Crippen LogP contribution < -0.4 is 10.5 Å². The van der Waals surface area contributed by atoms with Crippen molar-refractivity contribution < 1.29 is 9.53 Å². The predicted octanol–water partition coefficient (Wildman–Crippen LogP) is 5.53. The number of hydrogen-bond acceptors (Lipinski definition) is 5. The molecule has 5 nitrogen and oxygen atoms in total. The quantitative estimate of drug-likeness (QED) is 0.415. The first-order valence-corrected chi connectivity index (χ1v) is 10.2. The van der Waals surface area contributed by atoms with E-state index in [4.69, 9.17) is 10.5 Å². The minimum absolute atomic E-state index is 0.0320. The van der Waals surface area contributed by atoms with Crippen LogP contribution in [-0.2, 0) is 0 Å². The van der Waals surface area contributed by atoms with E-state index in [0.29, 0.717) is 22.6 Å². The standard InChI is InChI=1S/C27H21N3O2/c1-18-13-23(15-25(30-18)21-5-3-2-4-6-21)32-27-14-19(16-28)7-12-24(27)20-8-10-22(11-9-20)26(31)17-29/h2-15H,17,29H2,1H3. The van der Waals surface area contributed by atoms with E-state index in [-0.39, 0.29) is 12.3 Å². The summed E-state index contributed by atoms with van der Waals surface area (Å²) < 4.78 is 6.27. The lowest BCUT2D eigenvalue weighted by Crippen LogP contribution is -2.13. The first kappa shape index (κ1) is 21.0. The summed E-state index contributed by atoms with van der Waals surface area (Å²) >= 11 is 0. The van der Waals surface area contributed by atoms with Gasteiger partial charge in [0.15, 0.2) is 5.78 Å². The van der Waals surface area contributed by atoms with Gasteiger partial charge >= 0.3 is 0 Å². The van der Waals surface area contributed by atoms with Gasteiger partial charge in [0, 0.05) is 34.5 Å². The molecule has 0 bridgehead atoms. The van der Waals surface area contributed by atoms with Crippen LogP contribution in [-0.4, -0.2) is 17.3 Å². The number of benzene rings is 3. The van der Waals surface area contributed by atoms with Gasteiger partial charge < -0.3 is 10.5 Å². The summed E-state index contributed by atoms with van der Waals surface area (Å²) in [6.45, 7) is 1.88. The van der Waals surface area contributed by atoms with Crippen LogP contribution >= 0.6 is 0 Å². The molecule has 2 N–H and O–H groups in total. The number of aromatic nitrogens is 1. The van der Waals surface area contributed by atoms with Gasteiger partial charge in [-0.1, -0.05) is 54.6 Å². The molecule has 3 aromatic carbocycles. The third-order valence-corrected chi connectivity index (χ3v) is 5.04. The molecule has 0 radical (unpaired) electrons. The van der Waals surface area contributed by atoms with Gasteiger partial charge in [0.2, 0.25) is 0 Å². The van der Waals surface area contributed by atoms with Gasteiger partial charge in [-0.25, -0.2) is 0 Å². The SMILES string of the molecule is Cc1cc(Oc2cc(C#N)ccc2-c2ccc(C(=O)CN)cc2)cc(-c2ccccc2)n1. The summed E-state index contributed by atoms with van der Waals surface area (Å²) in [6, 6.07) is 28.3. The maximum Gasteiger partial charge on any atom is 0.176 e. The average Bonchev–Trinajstić information content (AvgIpc) is 2.84. The molecular formula is C27H21N3O2. The minimum atomic E-state index is -0.117. The summed E-state index contributed by atoms with van der Waals surface area (Å²) in [5.41, 5.74) is 10.8. The number of nitrogens with zero attached hydrogens (tertiary/aromatic N) is 2. The molecule has 0 spiro atoms. The van der Waals surface area contributed by atoms with Gasteiger partial charge in [0.25, 0.3) is 0 Å². The molecule has 4 aromatic rings. The molecule has 0 saturated heterocycles. The van der Waals surface area contributed by atoms with E-state index in [1.165, 1.54) is 0 Å². The second-order valence-corrected chi connectivity index (χ2v) is 7.32. The molecule has 0 atom stereocenters.